The van der Waals surface area contributed by atoms with Gasteiger partial charge in [0.25, 0.3) is 0 Å². The fourth-order valence-electron chi connectivity index (χ4n) is 1.22. The fourth-order valence-corrected chi connectivity index (χ4v) is 1.41. The molecule has 1 atom stereocenters. The summed E-state index contributed by atoms with van der Waals surface area (Å²) in [4.78, 5) is 11.4. The molecule has 7 heteroatoms. The van der Waals surface area contributed by atoms with E-state index in [1.807, 2.05) is 0 Å². The molecule has 1 rings (SSSR count). The minimum atomic E-state index is -4.42. The van der Waals surface area contributed by atoms with Crippen LogP contribution in [0, 0.1) is 0 Å². The van der Waals surface area contributed by atoms with Gasteiger partial charge in [0.2, 0.25) is 5.91 Å². The number of halogens is 4. The molecule has 1 aromatic rings. The van der Waals surface area contributed by atoms with Crippen molar-refractivity contribution in [1.82, 2.24) is 5.32 Å². The molecular weight excluding hydrogens is 269 g/mol. The van der Waals surface area contributed by atoms with E-state index in [9.17, 15) is 18.0 Å². The maximum Gasteiger partial charge on any atom is 0.405 e. The topological polar surface area (TPSA) is 41.1 Å². The second kappa shape index (κ2) is 5.95. The van der Waals surface area contributed by atoms with Crippen molar-refractivity contribution in [3.05, 3.63) is 29.3 Å². The average molecular weight is 281 g/mol. The van der Waals surface area contributed by atoms with Crippen molar-refractivity contribution in [3.63, 3.8) is 0 Å². The zero-order chi connectivity index (χ0) is 13.8. The smallest absolute Gasteiger partial charge is 0.373 e. The molecule has 0 saturated heterocycles. The minimum absolute atomic E-state index is 0.396. The van der Waals surface area contributed by atoms with Crippen LogP contribution in [0.25, 0.3) is 0 Å². The molecule has 3 nitrogen and oxygen atoms in total. The van der Waals surface area contributed by atoms with E-state index in [1.165, 1.54) is 6.92 Å². The second-order valence-electron chi connectivity index (χ2n) is 3.68. The molecule has 0 aromatic heterocycles. The number of hydrogen-bond donors (Lipinski definition) is 2. The lowest BCUT2D eigenvalue weighted by molar-refractivity contribution is -0.138. The predicted molar refractivity (Wildman–Crippen MR) is 63.6 cm³/mol. The molecule has 0 heterocycles. The number of rotatable bonds is 4. The van der Waals surface area contributed by atoms with Gasteiger partial charge in [-0.25, -0.2) is 0 Å². The highest BCUT2D eigenvalue weighted by Gasteiger charge is 2.28. The summed E-state index contributed by atoms with van der Waals surface area (Å²) in [6, 6.07) is 5.85. The summed E-state index contributed by atoms with van der Waals surface area (Å²) in [6.45, 7) is 0.107. The predicted octanol–water partition coefficient (Wildman–Crippen LogP) is 2.82. The maximum absolute atomic E-state index is 11.9. The van der Waals surface area contributed by atoms with Gasteiger partial charge in [0.1, 0.15) is 12.6 Å². The SMILES string of the molecule is CC(Nc1ccccc1Cl)C(=O)NCC(F)(F)F. The minimum Gasteiger partial charge on any atom is -0.373 e. The fraction of sp³-hybridized carbons (Fsp3) is 0.364. The molecule has 1 unspecified atom stereocenters. The molecule has 0 aliphatic heterocycles. The first-order valence-electron chi connectivity index (χ1n) is 5.15. The Labute approximate surface area is 107 Å². The van der Waals surface area contributed by atoms with E-state index in [0.29, 0.717) is 10.7 Å². The van der Waals surface area contributed by atoms with Gasteiger partial charge in [0.05, 0.1) is 10.7 Å². The van der Waals surface area contributed by atoms with Gasteiger partial charge in [-0.2, -0.15) is 13.2 Å². The van der Waals surface area contributed by atoms with Gasteiger partial charge in [-0.1, -0.05) is 23.7 Å². The highest BCUT2D eigenvalue weighted by atomic mass is 35.5. The summed E-state index contributed by atoms with van der Waals surface area (Å²) in [5, 5.41) is 4.92. The maximum atomic E-state index is 11.9. The molecule has 100 valence electrons. The van der Waals surface area contributed by atoms with Crippen LogP contribution >= 0.6 is 11.6 Å². The van der Waals surface area contributed by atoms with Crippen molar-refractivity contribution < 1.29 is 18.0 Å². The third-order valence-corrected chi connectivity index (χ3v) is 2.43. The van der Waals surface area contributed by atoms with Gasteiger partial charge in [-0.05, 0) is 19.1 Å². The summed E-state index contributed by atoms with van der Waals surface area (Å²) in [6.07, 6.45) is -4.42. The first kappa shape index (κ1) is 14.6. The number of amides is 1. The largest absolute Gasteiger partial charge is 0.405 e. The molecule has 0 fully saturated rings. The van der Waals surface area contributed by atoms with E-state index in [1.54, 1.807) is 29.6 Å². The van der Waals surface area contributed by atoms with Crippen LogP contribution in [0.4, 0.5) is 18.9 Å². The Balaban J connectivity index is 2.53. The zero-order valence-electron chi connectivity index (χ0n) is 9.51. The van der Waals surface area contributed by atoms with E-state index in [2.05, 4.69) is 5.32 Å². The Morgan fingerprint density at radius 1 is 1.39 bits per heavy atom. The van der Waals surface area contributed by atoms with E-state index in [-0.39, 0.29) is 0 Å². The molecule has 0 radical (unpaired) electrons. The summed E-state index contributed by atoms with van der Waals surface area (Å²) < 4.78 is 35.7. The number of nitrogens with one attached hydrogen (secondary N) is 2. The number of carbonyl (C=O) groups excluding carboxylic acids is 1. The van der Waals surface area contributed by atoms with Gasteiger partial charge in [0, 0.05) is 0 Å². The standard InChI is InChI=1S/C11H12ClF3N2O/c1-7(10(18)16-6-11(13,14)15)17-9-5-3-2-4-8(9)12/h2-5,7,17H,6H2,1H3,(H,16,18). The van der Waals surface area contributed by atoms with Crippen LogP contribution in [0.3, 0.4) is 0 Å². The third-order valence-electron chi connectivity index (χ3n) is 2.10. The van der Waals surface area contributed by atoms with E-state index in [4.69, 9.17) is 11.6 Å². The Kier molecular flexibility index (Phi) is 4.84. The highest BCUT2D eigenvalue weighted by Crippen LogP contribution is 2.21. The van der Waals surface area contributed by atoms with Crippen molar-refractivity contribution in [2.24, 2.45) is 0 Å². The lowest BCUT2D eigenvalue weighted by atomic mass is 10.2. The number of benzene rings is 1. The number of alkyl halides is 3. The molecule has 0 saturated carbocycles. The van der Waals surface area contributed by atoms with Crippen molar-refractivity contribution in [3.8, 4) is 0 Å². The number of anilines is 1. The molecule has 0 aliphatic rings. The van der Waals surface area contributed by atoms with Crippen molar-refractivity contribution >= 4 is 23.2 Å². The van der Waals surface area contributed by atoms with Gasteiger partial charge in [0.15, 0.2) is 0 Å². The molecular formula is C11H12ClF3N2O. The molecule has 0 bridgehead atoms. The first-order valence-corrected chi connectivity index (χ1v) is 5.53. The number of para-hydroxylation sites is 1. The summed E-state index contributed by atoms with van der Waals surface area (Å²) >= 11 is 5.85. The zero-order valence-corrected chi connectivity index (χ0v) is 10.3. The Hall–Kier alpha value is -1.43. The van der Waals surface area contributed by atoms with Gasteiger partial charge >= 0.3 is 6.18 Å². The van der Waals surface area contributed by atoms with Crippen LogP contribution in [0.5, 0.6) is 0 Å². The number of hydrogen-bond acceptors (Lipinski definition) is 2. The molecule has 1 aromatic carbocycles. The monoisotopic (exact) mass is 280 g/mol. The van der Waals surface area contributed by atoms with Gasteiger partial charge in [-0.15, -0.1) is 0 Å². The Morgan fingerprint density at radius 3 is 2.56 bits per heavy atom. The van der Waals surface area contributed by atoms with E-state index >= 15 is 0 Å². The normalized spacial score (nSPS) is 12.9. The quantitative estimate of drug-likeness (QED) is 0.890. The molecule has 18 heavy (non-hydrogen) atoms. The van der Waals surface area contributed by atoms with Crippen LogP contribution in [-0.4, -0.2) is 24.7 Å². The lowest BCUT2D eigenvalue weighted by Crippen LogP contribution is -2.42. The third kappa shape index (κ3) is 4.83. The molecule has 0 spiro atoms. The molecule has 1 amide bonds. The van der Waals surface area contributed by atoms with Gasteiger partial charge in [-0.3, -0.25) is 4.79 Å². The van der Waals surface area contributed by atoms with Crippen LogP contribution in [-0.2, 0) is 4.79 Å². The Bertz CT molecular complexity index is 423. The van der Waals surface area contributed by atoms with Gasteiger partial charge < -0.3 is 10.6 Å². The average Bonchev–Trinajstić information content (AvgIpc) is 2.28. The van der Waals surface area contributed by atoms with Crippen LogP contribution < -0.4 is 10.6 Å². The Morgan fingerprint density at radius 2 is 2.00 bits per heavy atom. The summed E-state index contributed by atoms with van der Waals surface area (Å²) in [7, 11) is 0. The molecule has 2 N–H and O–H groups in total. The van der Waals surface area contributed by atoms with Crippen molar-refractivity contribution in [2.75, 3.05) is 11.9 Å². The van der Waals surface area contributed by atoms with Crippen molar-refractivity contribution in [1.29, 1.82) is 0 Å². The summed E-state index contributed by atoms with van der Waals surface area (Å²) in [5.74, 6) is -0.743. The highest BCUT2D eigenvalue weighted by molar-refractivity contribution is 6.33. The molecule has 0 aliphatic carbocycles. The van der Waals surface area contributed by atoms with E-state index in [0.717, 1.165) is 0 Å². The second-order valence-corrected chi connectivity index (χ2v) is 4.09. The number of carbonyl (C=O) groups is 1. The van der Waals surface area contributed by atoms with E-state index < -0.39 is 24.7 Å². The lowest BCUT2D eigenvalue weighted by Gasteiger charge is -2.16. The first-order chi connectivity index (χ1) is 8.29. The van der Waals surface area contributed by atoms with Crippen LogP contribution in [0.2, 0.25) is 5.02 Å². The van der Waals surface area contributed by atoms with Crippen LogP contribution in [0.15, 0.2) is 24.3 Å². The van der Waals surface area contributed by atoms with Crippen molar-refractivity contribution in [2.45, 2.75) is 19.1 Å². The van der Waals surface area contributed by atoms with Crippen LogP contribution in [0.1, 0.15) is 6.92 Å². The summed E-state index contributed by atoms with van der Waals surface area (Å²) in [5.41, 5.74) is 0.494.